The molecule has 0 aliphatic rings. The lowest BCUT2D eigenvalue weighted by molar-refractivity contribution is 0.397. The van der Waals surface area contributed by atoms with Gasteiger partial charge in [0.25, 0.3) is 0 Å². The van der Waals surface area contributed by atoms with E-state index in [1.165, 1.54) is 26.4 Å². The number of sulfonamides is 1. The van der Waals surface area contributed by atoms with Crippen LogP contribution in [0.2, 0.25) is 0 Å². The fourth-order valence-corrected chi connectivity index (χ4v) is 3.49. The molecule has 5 nitrogen and oxygen atoms in total. The Morgan fingerprint density at radius 3 is 2.25 bits per heavy atom. The molecule has 0 radical (unpaired) electrons. The fourth-order valence-electron chi connectivity index (χ4n) is 2.24. The zero-order valence-corrected chi connectivity index (χ0v) is 14.7. The highest BCUT2D eigenvalue weighted by Crippen LogP contribution is 2.39. The van der Waals surface area contributed by atoms with E-state index in [4.69, 9.17) is 21.1 Å². The first-order chi connectivity index (χ1) is 11.4. The van der Waals surface area contributed by atoms with Gasteiger partial charge in [-0.15, -0.1) is 11.6 Å². The summed E-state index contributed by atoms with van der Waals surface area (Å²) in [5, 5.41) is 0. The third-order valence-corrected chi connectivity index (χ3v) is 4.98. The number of hydrogen-bond donors (Lipinski definition) is 1. The van der Waals surface area contributed by atoms with Gasteiger partial charge in [-0.1, -0.05) is 6.07 Å². The average molecular weight is 374 g/mol. The molecular formula is C16H17ClFNO4S. The SMILES string of the molecule is COc1cccc(OC)c1-c1ccc(S(=O)(=O)NCCCl)cc1F. The molecule has 0 heterocycles. The number of methoxy groups -OCH3 is 2. The summed E-state index contributed by atoms with van der Waals surface area (Å²) in [5.74, 6) is 0.262. The molecule has 1 N–H and O–H groups in total. The van der Waals surface area contributed by atoms with Crippen LogP contribution < -0.4 is 14.2 Å². The van der Waals surface area contributed by atoms with Crippen LogP contribution in [0.4, 0.5) is 4.39 Å². The number of halogens is 2. The smallest absolute Gasteiger partial charge is 0.240 e. The van der Waals surface area contributed by atoms with E-state index in [-0.39, 0.29) is 22.9 Å². The maximum atomic E-state index is 14.6. The van der Waals surface area contributed by atoms with E-state index >= 15 is 0 Å². The molecule has 0 fully saturated rings. The largest absolute Gasteiger partial charge is 0.496 e. The Morgan fingerprint density at radius 1 is 1.12 bits per heavy atom. The van der Waals surface area contributed by atoms with Crippen molar-refractivity contribution in [3.8, 4) is 22.6 Å². The van der Waals surface area contributed by atoms with Gasteiger partial charge in [-0.2, -0.15) is 0 Å². The molecule has 0 bridgehead atoms. The first kappa shape index (κ1) is 18.5. The van der Waals surface area contributed by atoms with Gasteiger partial charge in [-0.3, -0.25) is 0 Å². The quantitative estimate of drug-likeness (QED) is 0.758. The van der Waals surface area contributed by atoms with Gasteiger partial charge < -0.3 is 9.47 Å². The summed E-state index contributed by atoms with van der Waals surface area (Å²) in [7, 11) is -0.885. The molecule has 0 spiro atoms. The second kappa shape index (κ2) is 7.83. The zero-order chi connectivity index (χ0) is 17.7. The molecule has 2 aromatic rings. The van der Waals surface area contributed by atoms with Gasteiger partial charge in [0, 0.05) is 18.0 Å². The van der Waals surface area contributed by atoms with Crippen molar-refractivity contribution in [1.82, 2.24) is 4.72 Å². The highest BCUT2D eigenvalue weighted by Gasteiger charge is 2.20. The van der Waals surface area contributed by atoms with Gasteiger partial charge in [0.2, 0.25) is 10.0 Å². The summed E-state index contributed by atoms with van der Waals surface area (Å²) in [5.41, 5.74) is 0.596. The van der Waals surface area contributed by atoms with Crippen LogP contribution in [0.5, 0.6) is 11.5 Å². The number of benzene rings is 2. The van der Waals surface area contributed by atoms with Crippen LogP contribution in [0.3, 0.4) is 0 Å². The molecule has 8 heteroatoms. The Hall–Kier alpha value is -1.83. The standard InChI is InChI=1S/C16H17ClFNO4S/c1-22-14-4-3-5-15(23-2)16(14)12-7-6-11(10-13(12)18)24(20,21)19-9-8-17/h3-7,10,19H,8-9H2,1-2H3. The van der Waals surface area contributed by atoms with Gasteiger partial charge in [0.05, 0.1) is 24.7 Å². The van der Waals surface area contributed by atoms with Crippen LogP contribution in [-0.2, 0) is 10.0 Å². The average Bonchev–Trinajstić information content (AvgIpc) is 2.59. The van der Waals surface area contributed by atoms with Gasteiger partial charge >= 0.3 is 0 Å². The van der Waals surface area contributed by atoms with Gasteiger partial charge in [-0.05, 0) is 30.3 Å². The summed E-state index contributed by atoms with van der Waals surface area (Å²) < 4.78 is 51.5. The zero-order valence-electron chi connectivity index (χ0n) is 13.2. The molecule has 24 heavy (non-hydrogen) atoms. The van der Waals surface area contributed by atoms with Crippen molar-refractivity contribution in [3.05, 3.63) is 42.2 Å². The predicted molar refractivity (Wildman–Crippen MR) is 90.8 cm³/mol. The van der Waals surface area contributed by atoms with Crippen molar-refractivity contribution in [1.29, 1.82) is 0 Å². The van der Waals surface area contributed by atoms with E-state index in [0.717, 1.165) is 6.07 Å². The fraction of sp³-hybridized carbons (Fsp3) is 0.250. The molecule has 0 aromatic heterocycles. The molecule has 0 aliphatic heterocycles. The van der Waals surface area contributed by atoms with E-state index in [2.05, 4.69) is 4.72 Å². The minimum atomic E-state index is -3.81. The van der Waals surface area contributed by atoms with Crippen LogP contribution in [0, 0.1) is 5.82 Å². The third kappa shape index (κ3) is 3.80. The maximum Gasteiger partial charge on any atom is 0.240 e. The van der Waals surface area contributed by atoms with Crippen LogP contribution in [-0.4, -0.2) is 35.1 Å². The van der Waals surface area contributed by atoms with E-state index < -0.39 is 15.8 Å². The number of alkyl halides is 1. The Bertz CT molecular complexity index is 805. The van der Waals surface area contributed by atoms with Crippen LogP contribution >= 0.6 is 11.6 Å². The Balaban J connectivity index is 2.53. The Labute approximate surface area is 145 Å². The molecule has 2 aromatic carbocycles. The van der Waals surface area contributed by atoms with Crippen molar-refractivity contribution in [2.45, 2.75) is 4.90 Å². The van der Waals surface area contributed by atoms with Crippen molar-refractivity contribution >= 4 is 21.6 Å². The molecule has 2 rings (SSSR count). The maximum absolute atomic E-state index is 14.6. The summed E-state index contributed by atoms with van der Waals surface area (Å²) in [6, 6.07) is 8.71. The first-order valence-corrected chi connectivity index (χ1v) is 9.03. The lowest BCUT2D eigenvalue weighted by Crippen LogP contribution is -2.25. The van der Waals surface area contributed by atoms with Crippen molar-refractivity contribution in [2.75, 3.05) is 26.6 Å². The number of nitrogens with one attached hydrogen (secondary N) is 1. The van der Waals surface area contributed by atoms with Gasteiger partial charge in [0.15, 0.2) is 0 Å². The van der Waals surface area contributed by atoms with E-state index in [1.807, 2.05) is 0 Å². The number of ether oxygens (including phenoxy) is 2. The van der Waals surface area contributed by atoms with Crippen LogP contribution in [0.15, 0.2) is 41.3 Å². The summed E-state index contributed by atoms with van der Waals surface area (Å²) in [6.45, 7) is 0.0631. The molecular weight excluding hydrogens is 357 g/mol. The molecule has 0 unspecified atom stereocenters. The third-order valence-electron chi connectivity index (χ3n) is 3.33. The summed E-state index contributed by atoms with van der Waals surface area (Å²) >= 11 is 5.47. The molecule has 0 amide bonds. The highest BCUT2D eigenvalue weighted by molar-refractivity contribution is 7.89. The van der Waals surface area contributed by atoms with E-state index in [1.54, 1.807) is 18.2 Å². The lowest BCUT2D eigenvalue weighted by Gasteiger charge is -2.14. The topological polar surface area (TPSA) is 64.6 Å². The molecule has 130 valence electrons. The molecule has 0 saturated heterocycles. The second-order valence-corrected chi connectivity index (χ2v) is 6.91. The highest BCUT2D eigenvalue weighted by atomic mass is 35.5. The summed E-state index contributed by atoms with van der Waals surface area (Å²) in [6.07, 6.45) is 0. The first-order valence-electron chi connectivity index (χ1n) is 7.01. The summed E-state index contributed by atoms with van der Waals surface area (Å²) in [4.78, 5) is -0.178. The predicted octanol–water partition coefficient (Wildman–Crippen LogP) is 3.03. The van der Waals surface area contributed by atoms with Crippen molar-refractivity contribution in [2.24, 2.45) is 0 Å². The van der Waals surface area contributed by atoms with Gasteiger partial charge in [-0.25, -0.2) is 17.5 Å². The Morgan fingerprint density at radius 2 is 1.75 bits per heavy atom. The van der Waals surface area contributed by atoms with Crippen LogP contribution in [0.1, 0.15) is 0 Å². The number of rotatable bonds is 7. The monoisotopic (exact) mass is 373 g/mol. The molecule has 0 atom stereocenters. The Kier molecular flexibility index (Phi) is 6.04. The molecule has 0 saturated carbocycles. The minimum Gasteiger partial charge on any atom is -0.496 e. The van der Waals surface area contributed by atoms with E-state index in [9.17, 15) is 12.8 Å². The number of hydrogen-bond acceptors (Lipinski definition) is 4. The van der Waals surface area contributed by atoms with Gasteiger partial charge in [0.1, 0.15) is 17.3 Å². The lowest BCUT2D eigenvalue weighted by atomic mass is 10.0. The van der Waals surface area contributed by atoms with Crippen molar-refractivity contribution in [3.63, 3.8) is 0 Å². The van der Waals surface area contributed by atoms with Crippen molar-refractivity contribution < 1.29 is 22.3 Å². The minimum absolute atomic E-state index is 0.0631. The molecule has 0 aliphatic carbocycles. The van der Waals surface area contributed by atoms with Crippen LogP contribution in [0.25, 0.3) is 11.1 Å². The normalized spacial score (nSPS) is 11.3. The van der Waals surface area contributed by atoms with E-state index in [0.29, 0.717) is 17.1 Å². The second-order valence-electron chi connectivity index (χ2n) is 4.77.